The lowest BCUT2D eigenvalue weighted by Gasteiger charge is -2.26. The lowest BCUT2D eigenvalue weighted by Crippen LogP contribution is -2.27. The number of nitrogens with zero attached hydrogens (tertiary/aromatic N) is 1. The Balaban J connectivity index is 2.08. The molecule has 1 aliphatic rings. The van der Waals surface area contributed by atoms with Crippen LogP contribution in [0.4, 0.5) is 5.69 Å². The van der Waals surface area contributed by atoms with Crippen molar-refractivity contribution in [2.45, 2.75) is 52.1 Å². The molecule has 0 amide bonds. The zero-order valence-corrected chi connectivity index (χ0v) is 13.7. The molecule has 1 saturated carbocycles. The van der Waals surface area contributed by atoms with Gasteiger partial charge in [-0.1, -0.05) is 44.4 Å². The molecule has 1 aliphatic carbocycles. The minimum Gasteiger partial charge on any atom is -0.374 e. The number of rotatable bonds is 6. The summed E-state index contributed by atoms with van der Waals surface area (Å²) in [5.74, 6) is 0.852. The molecule has 0 aromatic heterocycles. The second kappa shape index (κ2) is 7.33. The van der Waals surface area contributed by atoms with E-state index in [2.05, 4.69) is 43.2 Å². The zero-order chi connectivity index (χ0) is 14.5. The molecule has 1 fully saturated rings. The highest BCUT2D eigenvalue weighted by molar-refractivity contribution is 6.30. The van der Waals surface area contributed by atoms with Crippen LogP contribution in [0.25, 0.3) is 0 Å². The molecule has 2 nitrogen and oxygen atoms in total. The maximum Gasteiger partial charge on any atom is 0.0426 e. The minimum absolute atomic E-state index is 0.499. The Morgan fingerprint density at radius 1 is 1.30 bits per heavy atom. The van der Waals surface area contributed by atoms with Crippen LogP contribution < -0.4 is 10.2 Å². The highest BCUT2D eigenvalue weighted by Crippen LogP contribution is 2.29. The van der Waals surface area contributed by atoms with E-state index in [1.165, 1.54) is 36.9 Å². The first kappa shape index (κ1) is 15.7. The molecule has 0 saturated heterocycles. The molecular formula is C17H27ClN2. The Kier molecular flexibility index (Phi) is 5.74. The van der Waals surface area contributed by atoms with Crippen molar-refractivity contribution < 1.29 is 0 Å². The predicted octanol–water partition coefficient (Wildman–Crippen LogP) is 4.46. The second-order valence-electron chi connectivity index (χ2n) is 6.34. The van der Waals surface area contributed by atoms with Gasteiger partial charge in [0.05, 0.1) is 0 Å². The maximum atomic E-state index is 6.19. The highest BCUT2D eigenvalue weighted by Gasteiger charge is 2.18. The summed E-state index contributed by atoms with van der Waals surface area (Å²) in [6.45, 7) is 6.41. The summed E-state index contributed by atoms with van der Waals surface area (Å²) < 4.78 is 0. The molecule has 2 rings (SSSR count). The number of halogens is 1. The van der Waals surface area contributed by atoms with E-state index < -0.39 is 0 Å². The standard InChI is InChI=1S/C17H27ClN2/c1-13(2)19-11-15-8-9-16(18)10-17(15)20(3)12-14-6-4-5-7-14/h8-10,13-14,19H,4-7,11-12H2,1-3H3. The van der Waals surface area contributed by atoms with Crippen LogP contribution in [0.2, 0.25) is 5.02 Å². The molecule has 0 heterocycles. The maximum absolute atomic E-state index is 6.19. The molecule has 0 aliphatic heterocycles. The summed E-state index contributed by atoms with van der Waals surface area (Å²) in [4.78, 5) is 2.39. The largest absolute Gasteiger partial charge is 0.374 e. The summed E-state index contributed by atoms with van der Waals surface area (Å²) in [5.41, 5.74) is 2.61. The normalized spacial score (nSPS) is 16.1. The van der Waals surface area contributed by atoms with Crippen LogP contribution in [-0.2, 0) is 6.54 Å². The van der Waals surface area contributed by atoms with Crippen LogP contribution in [0.15, 0.2) is 18.2 Å². The predicted molar refractivity (Wildman–Crippen MR) is 88.7 cm³/mol. The first-order chi connectivity index (χ1) is 9.56. The van der Waals surface area contributed by atoms with Gasteiger partial charge in [-0.3, -0.25) is 0 Å². The average Bonchev–Trinajstić information content (AvgIpc) is 2.89. The van der Waals surface area contributed by atoms with E-state index in [0.29, 0.717) is 6.04 Å². The van der Waals surface area contributed by atoms with Gasteiger partial charge in [0, 0.05) is 36.9 Å². The van der Waals surface area contributed by atoms with E-state index in [1.54, 1.807) is 0 Å². The van der Waals surface area contributed by atoms with Crippen molar-refractivity contribution in [3.05, 3.63) is 28.8 Å². The quantitative estimate of drug-likeness (QED) is 0.833. The van der Waals surface area contributed by atoms with Crippen molar-refractivity contribution in [3.63, 3.8) is 0 Å². The van der Waals surface area contributed by atoms with Gasteiger partial charge in [-0.25, -0.2) is 0 Å². The summed E-state index contributed by atoms with van der Waals surface area (Å²) >= 11 is 6.19. The minimum atomic E-state index is 0.499. The second-order valence-corrected chi connectivity index (χ2v) is 6.78. The molecule has 1 N–H and O–H groups in total. The Bertz CT molecular complexity index is 425. The summed E-state index contributed by atoms with van der Waals surface area (Å²) in [6.07, 6.45) is 5.56. The van der Waals surface area contributed by atoms with Gasteiger partial charge in [0.2, 0.25) is 0 Å². The van der Waals surface area contributed by atoms with E-state index in [4.69, 9.17) is 11.6 Å². The Hall–Kier alpha value is -0.730. The SMILES string of the molecule is CC(C)NCc1ccc(Cl)cc1N(C)CC1CCCC1. The van der Waals surface area contributed by atoms with E-state index in [1.807, 2.05) is 6.07 Å². The van der Waals surface area contributed by atoms with Crippen molar-refractivity contribution in [2.24, 2.45) is 5.92 Å². The summed E-state index contributed by atoms with van der Waals surface area (Å²) in [7, 11) is 2.20. The lowest BCUT2D eigenvalue weighted by atomic mass is 10.1. The smallest absolute Gasteiger partial charge is 0.0426 e. The van der Waals surface area contributed by atoms with Crippen molar-refractivity contribution in [3.8, 4) is 0 Å². The van der Waals surface area contributed by atoms with Crippen LogP contribution in [-0.4, -0.2) is 19.6 Å². The number of anilines is 1. The van der Waals surface area contributed by atoms with Crippen LogP contribution >= 0.6 is 11.6 Å². The van der Waals surface area contributed by atoms with Gasteiger partial charge in [-0.05, 0) is 36.5 Å². The first-order valence-electron chi connectivity index (χ1n) is 7.79. The average molecular weight is 295 g/mol. The number of hydrogen-bond acceptors (Lipinski definition) is 2. The molecule has 20 heavy (non-hydrogen) atoms. The molecule has 0 radical (unpaired) electrons. The van der Waals surface area contributed by atoms with Crippen LogP contribution in [0.3, 0.4) is 0 Å². The number of nitrogens with one attached hydrogen (secondary N) is 1. The van der Waals surface area contributed by atoms with Crippen molar-refractivity contribution >= 4 is 17.3 Å². The Morgan fingerprint density at radius 2 is 2.00 bits per heavy atom. The van der Waals surface area contributed by atoms with Gasteiger partial charge in [0.15, 0.2) is 0 Å². The third-order valence-electron chi connectivity index (χ3n) is 4.17. The van der Waals surface area contributed by atoms with E-state index >= 15 is 0 Å². The van der Waals surface area contributed by atoms with Crippen molar-refractivity contribution in [2.75, 3.05) is 18.5 Å². The number of benzene rings is 1. The van der Waals surface area contributed by atoms with Crippen molar-refractivity contribution in [1.82, 2.24) is 5.32 Å². The molecule has 3 heteroatoms. The highest BCUT2D eigenvalue weighted by atomic mass is 35.5. The number of hydrogen-bond donors (Lipinski definition) is 1. The molecule has 0 spiro atoms. The molecule has 1 aromatic rings. The third kappa shape index (κ3) is 4.39. The van der Waals surface area contributed by atoms with Gasteiger partial charge in [0.25, 0.3) is 0 Å². The molecule has 1 aromatic carbocycles. The molecule has 0 unspecified atom stereocenters. The Morgan fingerprint density at radius 3 is 2.65 bits per heavy atom. The van der Waals surface area contributed by atoms with E-state index in [0.717, 1.165) is 24.0 Å². The topological polar surface area (TPSA) is 15.3 Å². The monoisotopic (exact) mass is 294 g/mol. The summed E-state index contributed by atoms with van der Waals surface area (Å²) in [5, 5.41) is 4.33. The molecular weight excluding hydrogens is 268 g/mol. The van der Waals surface area contributed by atoms with E-state index in [-0.39, 0.29) is 0 Å². The molecule has 0 atom stereocenters. The van der Waals surface area contributed by atoms with E-state index in [9.17, 15) is 0 Å². The first-order valence-corrected chi connectivity index (χ1v) is 8.17. The third-order valence-corrected chi connectivity index (χ3v) is 4.40. The van der Waals surface area contributed by atoms with Gasteiger partial charge in [-0.15, -0.1) is 0 Å². The fourth-order valence-electron chi connectivity index (χ4n) is 3.03. The van der Waals surface area contributed by atoms with Crippen LogP contribution in [0, 0.1) is 5.92 Å². The van der Waals surface area contributed by atoms with Gasteiger partial charge >= 0.3 is 0 Å². The van der Waals surface area contributed by atoms with Gasteiger partial charge < -0.3 is 10.2 Å². The Labute approximate surface area is 128 Å². The lowest BCUT2D eigenvalue weighted by molar-refractivity contribution is 0.544. The van der Waals surface area contributed by atoms with Crippen LogP contribution in [0.1, 0.15) is 45.1 Å². The van der Waals surface area contributed by atoms with Crippen LogP contribution in [0.5, 0.6) is 0 Å². The van der Waals surface area contributed by atoms with Crippen molar-refractivity contribution in [1.29, 1.82) is 0 Å². The summed E-state index contributed by atoms with van der Waals surface area (Å²) in [6, 6.07) is 6.75. The fraction of sp³-hybridized carbons (Fsp3) is 0.647. The zero-order valence-electron chi connectivity index (χ0n) is 13.0. The fourth-order valence-corrected chi connectivity index (χ4v) is 3.20. The molecule has 112 valence electrons. The molecule has 0 bridgehead atoms. The van der Waals surface area contributed by atoms with Gasteiger partial charge in [-0.2, -0.15) is 0 Å². The van der Waals surface area contributed by atoms with Gasteiger partial charge in [0.1, 0.15) is 0 Å².